The quantitative estimate of drug-likeness (QED) is 0.398. The first-order chi connectivity index (χ1) is 20.7. The highest BCUT2D eigenvalue weighted by molar-refractivity contribution is 6.07. The van der Waals surface area contributed by atoms with Gasteiger partial charge in [0.05, 0.1) is 34.6 Å². The van der Waals surface area contributed by atoms with Crippen molar-refractivity contribution in [1.82, 2.24) is 14.9 Å². The number of aromatic nitrogens is 2. The third-order valence-electron chi connectivity index (χ3n) is 7.99. The maximum absolute atomic E-state index is 16.4. The van der Waals surface area contributed by atoms with Crippen LogP contribution in [0.4, 0.5) is 39.1 Å². The highest BCUT2D eigenvalue weighted by Gasteiger charge is 2.37. The molecular formula is C30H33F5N6O3. The van der Waals surface area contributed by atoms with Gasteiger partial charge in [-0.2, -0.15) is 13.2 Å². The molecule has 0 bridgehead atoms. The van der Waals surface area contributed by atoms with Crippen molar-refractivity contribution in [2.24, 2.45) is 0 Å². The number of aromatic amines is 1. The van der Waals surface area contributed by atoms with E-state index in [1.165, 1.54) is 12.3 Å². The van der Waals surface area contributed by atoms with Crippen molar-refractivity contribution in [1.29, 1.82) is 0 Å². The van der Waals surface area contributed by atoms with Crippen LogP contribution in [0.1, 0.15) is 36.7 Å². The highest BCUT2D eigenvalue weighted by Crippen LogP contribution is 2.40. The number of benzene rings is 1. The number of anilines is 3. The largest absolute Gasteiger partial charge is 0.417 e. The molecule has 1 aromatic carbocycles. The lowest BCUT2D eigenvalue weighted by molar-refractivity contribution is -0.138. The number of hydrogen-bond donors (Lipinski definition) is 2. The normalized spacial score (nSPS) is 21.4. The van der Waals surface area contributed by atoms with Gasteiger partial charge in [-0.1, -0.05) is 0 Å². The van der Waals surface area contributed by atoms with Crippen LogP contribution in [-0.4, -0.2) is 78.8 Å². The second kappa shape index (κ2) is 12.2. The Kier molecular flexibility index (Phi) is 8.67. The zero-order valence-corrected chi connectivity index (χ0v) is 24.6. The fraction of sp³-hybridized carbons (Fsp3) is 0.433. The maximum Gasteiger partial charge on any atom is 0.417 e. The molecular weight excluding hydrogens is 587 g/mol. The van der Waals surface area contributed by atoms with Gasteiger partial charge in [-0.25, -0.2) is 13.8 Å². The zero-order chi connectivity index (χ0) is 31.9. The summed E-state index contributed by atoms with van der Waals surface area (Å²) >= 11 is 0. The van der Waals surface area contributed by atoms with Crippen molar-refractivity contribution in [3.05, 3.63) is 69.8 Å². The molecule has 0 saturated carbocycles. The number of rotatable bonds is 5. The first kappa shape index (κ1) is 31.4. The number of likely N-dealkylation sites (N-methyl/N-ethyl adjacent to an activating group) is 1. The smallest absolute Gasteiger partial charge is 0.372 e. The Morgan fingerprint density at radius 1 is 1.05 bits per heavy atom. The average Bonchev–Trinajstić information content (AvgIpc) is 2.95. The zero-order valence-electron chi connectivity index (χ0n) is 24.6. The molecule has 14 heteroatoms. The Labute approximate surface area is 250 Å². The first-order valence-corrected chi connectivity index (χ1v) is 14.2. The molecule has 2 aliphatic rings. The number of H-pyrrole nitrogens is 1. The van der Waals surface area contributed by atoms with Gasteiger partial charge in [0.1, 0.15) is 17.3 Å². The monoisotopic (exact) mass is 620 g/mol. The number of carbonyl (C=O) groups is 1. The van der Waals surface area contributed by atoms with Crippen LogP contribution in [0.25, 0.3) is 11.1 Å². The van der Waals surface area contributed by atoms with Crippen molar-refractivity contribution >= 4 is 23.1 Å². The summed E-state index contributed by atoms with van der Waals surface area (Å²) in [5, 5.41) is 2.26. The van der Waals surface area contributed by atoms with Gasteiger partial charge in [0.2, 0.25) is 5.56 Å². The molecule has 2 aromatic heterocycles. The summed E-state index contributed by atoms with van der Waals surface area (Å²) in [5.41, 5.74) is -4.38. The third-order valence-corrected chi connectivity index (χ3v) is 7.99. The molecule has 2 aliphatic heterocycles. The van der Waals surface area contributed by atoms with Gasteiger partial charge >= 0.3 is 6.18 Å². The van der Waals surface area contributed by atoms with Crippen molar-refractivity contribution in [3.8, 4) is 11.1 Å². The van der Waals surface area contributed by atoms with Crippen LogP contribution in [0, 0.1) is 11.6 Å². The van der Waals surface area contributed by atoms with Crippen LogP contribution in [0.5, 0.6) is 0 Å². The number of pyridine rings is 2. The Bertz CT molecular complexity index is 1590. The number of nitrogens with zero attached hydrogens (tertiary/aromatic N) is 4. The number of amides is 1. The van der Waals surface area contributed by atoms with Gasteiger partial charge in [0, 0.05) is 68.9 Å². The number of piperazine rings is 1. The lowest BCUT2D eigenvalue weighted by atomic mass is 10.0. The molecule has 0 aliphatic carbocycles. The number of alkyl halides is 3. The lowest BCUT2D eigenvalue weighted by Crippen LogP contribution is -2.50. The van der Waals surface area contributed by atoms with Gasteiger partial charge in [0.15, 0.2) is 5.82 Å². The van der Waals surface area contributed by atoms with E-state index in [1.807, 2.05) is 32.7 Å². The first-order valence-electron chi connectivity index (χ1n) is 14.2. The van der Waals surface area contributed by atoms with E-state index in [9.17, 15) is 22.8 Å². The molecule has 9 nitrogen and oxygen atoms in total. The number of halogens is 5. The fourth-order valence-electron chi connectivity index (χ4n) is 5.67. The molecule has 1 amide bonds. The van der Waals surface area contributed by atoms with Crippen LogP contribution < -0.4 is 20.7 Å². The van der Waals surface area contributed by atoms with Crippen LogP contribution in [0.15, 0.2) is 41.5 Å². The van der Waals surface area contributed by atoms with Gasteiger partial charge < -0.3 is 29.7 Å². The number of hydrogen-bond acceptors (Lipinski definition) is 7. The molecule has 44 heavy (non-hydrogen) atoms. The Hall–Kier alpha value is -4.04. The van der Waals surface area contributed by atoms with Gasteiger partial charge in [-0.3, -0.25) is 9.59 Å². The van der Waals surface area contributed by atoms with E-state index in [1.54, 1.807) is 11.0 Å². The van der Waals surface area contributed by atoms with Crippen molar-refractivity contribution < 1.29 is 31.5 Å². The fourth-order valence-corrected chi connectivity index (χ4v) is 5.67. The molecule has 2 N–H and O–H groups in total. The van der Waals surface area contributed by atoms with Crippen LogP contribution in [0.2, 0.25) is 0 Å². The maximum atomic E-state index is 16.4. The van der Waals surface area contributed by atoms with Crippen molar-refractivity contribution in [2.45, 2.75) is 45.2 Å². The Morgan fingerprint density at radius 3 is 2.36 bits per heavy atom. The average molecular weight is 621 g/mol. The summed E-state index contributed by atoms with van der Waals surface area (Å²) in [5.74, 6) is -2.82. The summed E-state index contributed by atoms with van der Waals surface area (Å²) in [6.45, 7) is 8.19. The number of ether oxygens (including phenoxy) is 1. The Morgan fingerprint density at radius 2 is 1.75 bits per heavy atom. The van der Waals surface area contributed by atoms with E-state index in [0.29, 0.717) is 44.7 Å². The molecule has 2 fully saturated rings. The molecule has 4 heterocycles. The summed E-state index contributed by atoms with van der Waals surface area (Å²) in [7, 11) is 1.90. The highest BCUT2D eigenvalue weighted by atomic mass is 19.4. The minimum atomic E-state index is -5.04. The predicted molar refractivity (Wildman–Crippen MR) is 156 cm³/mol. The minimum absolute atomic E-state index is 0.0171. The second-order valence-electron chi connectivity index (χ2n) is 11.4. The molecule has 2 saturated heterocycles. The van der Waals surface area contributed by atoms with E-state index >= 15 is 8.78 Å². The second-order valence-corrected chi connectivity index (χ2v) is 11.4. The van der Waals surface area contributed by atoms with Crippen LogP contribution in [0.3, 0.4) is 0 Å². The molecule has 1 unspecified atom stereocenters. The molecule has 236 valence electrons. The molecule has 5 rings (SSSR count). The number of nitrogens with one attached hydrogen (secondary N) is 2. The van der Waals surface area contributed by atoms with E-state index in [0.717, 1.165) is 6.07 Å². The van der Waals surface area contributed by atoms with E-state index in [4.69, 9.17) is 4.74 Å². The van der Waals surface area contributed by atoms with E-state index < -0.39 is 51.7 Å². The van der Waals surface area contributed by atoms with Gasteiger partial charge in [-0.15, -0.1) is 0 Å². The number of morpholine rings is 1. The van der Waals surface area contributed by atoms with Gasteiger partial charge in [0.25, 0.3) is 5.91 Å². The van der Waals surface area contributed by atoms with Crippen molar-refractivity contribution in [3.63, 3.8) is 0 Å². The summed E-state index contributed by atoms with van der Waals surface area (Å²) in [6.07, 6.45) is -3.17. The molecule has 3 atom stereocenters. The minimum Gasteiger partial charge on any atom is -0.372 e. The predicted octanol–water partition coefficient (Wildman–Crippen LogP) is 4.74. The van der Waals surface area contributed by atoms with Crippen LogP contribution >= 0.6 is 0 Å². The SMILES string of the molecule is CC1CN(c2cc(F)c(-c3ccc(N4C[C@@H](C)O[C@@H](C)C4)nc3)c(F)c2NC(=O)c2c[nH]c(=O)cc2C(F)(F)F)CCN1C. The van der Waals surface area contributed by atoms with Crippen molar-refractivity contribution in [2.75, 3.05) is 54.9 Å². The molecule has 3 aromatic rings. The third kappa shape index (κ3) is 6.41. The van der Waals surface area contributed by atoms with E-state index in [2.05, 4.69) is 20.2 Å². The standard InChI is InChI=1S/C30H33F5N6O3/c1-16-13-40(8-7-39(16)4)23-10-22(31)26(19-5-6-24(36-11-19)41-14-17(2)44-18(3)15-41)27(32)28(23)38-29(43)20-12-37-25(42)9-21(20)30(33,34)35/h5-6,9-12,16-18H,7-8,13-15H2,1-4H3,(H,37,42)(H,38,43)/t16?,17-,18+. The van der Waals surface area contributed by atoms with Crippen LogP contribution in [-0.2, 0) is 10.9 Å². The lowest BCUT2D eigenvalue weighted by Gasteiger charge is -2.40. The summed E-state index contributed by atoms with van der Waals surface area (Å²) < 4.78 is 79.1. The number of carbonyl (C=O) groups excluding carboxylic acids is 1. The molecule has 0 radical (unpaired) electrons. The summed E-state index contributed by atoms with van der Waals surface area (Å²) in [6, 6.07) is 4.44. The van der Waals surface area contributed by atoms with E-state index in [-0.39, 0.29) is 35.6 Å². The summed E-state index contributed by atoms with van der Waals surface area (Å²) in [4.78, 5) is 37.1. The molecule has 0 spiro atoms. The van der Waals surface area contributed by atoms with Gasteiger partial charge in [-0.05, 0) is 40.0 Å². The Balaban J connectivity index is 1.57. The topological polar surface area (TPSA) is 93.8 Å².